The standard InChI is InChI=1S/C11H15Br2NOS/c1-7-6-9(16-10(7)13)11(15)14-8(2)4-3-5-12/h6,8H,3-5H2,1-2H3,(H,14,15). The van der Waals surface area contributed by atoms with Gasteiger partial charge in [-0.3, -0.25) is 4.79 Å². The summed E-state index contributed by atoms with van der Waals surface area (Å²) in [5.41, 5.74) is 1.11. The van der Waals surface area contributed by atoms with Crippen LogP contribution in [0.15, 0.2) is 9.85 Å². The molecule has 1 aromatic heterocycles. The summed E-state index contributed by atoms with van der Waals surface area (Å²) in [6, 6.07) is 2.15. The maximum Gasteiger partial charge on any atom is 0.261 e. The average molecular weight is 369 g/mol. The van der Waals surface area contributed by atoms with Crippen molar-refractivity contribution >= 4 is 49.1 Å². The van der Waals surface area contributed by atoms with Crippen molar-refractivity contribution in [3.05, 3.63) is 20.3 Å². The van der Waals surface area contributed by atoms with Gasteiger partial charge in [-0.25, -0.2) is 0 Å². The number of hydrogen-bond acceptors (Lipinski definition) is 2. The molecule has 1 atom stereocenters. The number of aryl methyl sites for hydroxylation is 1. The minimum atomic E-state index is 0.0286. The van der Waals surface area contributed by atoms with Gasteiger partial charge in [0.25, 0.3) is 5.91 Å². The summed E-state index contributed by atoms with van der Waals surface area (Å²) < 4.78 is 1.03. The Labute approximate surface area is 117 Å². The predicted molar refractivity (Wildman–Crippen MR) is 76.7 cm³/mol. The van der Waals surface area contributed by atoms with Crippen molar-refractivity contribution in [2.75, 3.05) is 5.33 Å². The summed E-state index contributed by atoms with van der Waals surface area (Å²) >= 11 is 8.29. The Morgan fingerprint density at radius 3 is 2.81 bits per heavy atom. The number of hydrogen-bond donors (Lipinski definition) is 1. The van der Waals surface area contributed by atoms with E-state index in [2.05, 4.69) is 37.2 Å². The number of carbonyl (C=O) groups excluding carboxylic acids is 1. The van der Waals surface area contributed by atoms with E-state index >= 15 is 0 Å². The van der Waals surface area contributed by atoms with Crippen LogP contribution in [0.5, 0.6) is 0 Å². The van der Waals surface area contributed by atoms with Gasteiger partial charge in [-0.05, 0) is 54.2 Å². The second-order valence-corrected chi connectivity index (χ2v) is 6.94. The molecule has 0 saturated carbocycles. The topological polar surface area (TPSA) is 29.1 Å². The largest absolute Gasteiger partial charge is 0.349 e. The molecule has 1 aromatic rings. The first-order chi connectivity index (χ1) is 7.54. The van der Waals surface area contributed by atoms with Gasteiger partial charge in [-0.15, -0.1) is 11.3 Å². The molecule has 5 heteroatoms. The van der Waals surface area contributed by atoms with Crippen LogP contribution < -0.4 is 5.32 Å². The van der Waals surface area contributed by atoms with Gasteiger partial charge < -0.3 is 5.32 Å². The van der Waals surface area contributed by atoms with Crippen LogP contribution in [0, 0.1) is 6.92 Å². The van der Waals surface area contributed by atoms with Crippen LogP contribution >= 0.6 is 43.2 Å². The van der Waals surface area contributed by atoms with Crippen molar-refractivity contribution in [1.82, 2.24) is 5.32 Å². The Balaban J connectivity index is 2.52. The van der Waals surface area contributed by atoms with Gasteiger partial charge in [-0.1, -0.05) is 15.9 Å². The van der Waals surface area contributed by atoms with Crippen LogP contribution in [0.2, 0.25) is 0 Å². The van der Waals surface area contributed by atoms with Gasteiger partial charge in [0.05, 0.1) is 8.66 Å². The maximum atomic E-state index is 11.9. The van der Waals surface area contributed by atoms with Gasteiger partial charge in [0.15, 0.2) is 0 Å². The maximum absolute atomic E-state index is 11.9. The van der Waals surface area contributed by atoms with Crippen LogP contribution in [0.25, 0.3) is 0 Å². The first kappa shape index (κ1) is 14.2. The highest BCUT2D eigenvalue weighted by Gasteiger charge is 2.13. The third-order valence-electron chi connectivity index (χ3n) is 2.23. The molecule has 1 rings (SSSR count). The number of amides is 1. The SMILES string of the molecule is Cc1cc(C(=O)NC(C)CCCBr)sc1Br. The fourth-order valence-electron chi connectivity index (χ4n) is 1.32. The van der Waals surface area contributed by atoms with Crippen LogP contribution in [-0.4, -0.2) is 17.3 Å². The summed E-state index contributed by atoms with van der Waals surface area (Å²) in [5, 5.41) is 3.98. The third-order valence-corrected chi connectivity index (χ3v) is 4.93. The highest BCUT2D eigenvalue weighted by atomic mass is 79.9. The zero-order valence-electron chi connectivity index (χ0n) is 9.35. The minimum Gasteiger partial charge on any atom is -0.349 e. The van der Waals surface area contributed by atoms with Crippen molar-refractivity contribution in [2.24, 2.45) is 0 Å². The normalized spacial score (nSPS) is 12.5. The van der Waals surface area contributed by atoms with Gasteiger partial charge >= 0.3 is 0 Å². The Hall–Kier alpha value is 0.130. The number of nitrogens with one attached hydrogen (secondary N) is 1. The molecule has 1 N–H and O–H groups in total. The van der Waals surface area contributed by atoms with E-state index in [0.29, 0.717) is 0 Å². The van der Waals surface area contributed by atoms with E-state index in [1.807, 2.05) is 19.9 Å². The van der Waals surface area contributed by atoms with Gasteiger partial charge in [0.2, 0.25) is 0 Å². The molecule has 0 aliphatic rings. The van der Waals surface area contributed by atoms with E-state index in [0.717, 1.165) is 32.4 Å². The fourth-order valence-corrected chi connectivity index (χ4v) is 3.08. The van der Waals surface area contributed by atoms with Crippen LogP contribution in [0.1, 0.15) is 35.0 Å². The van der Waals surface area contributed by atoms with Crippen molar-refractivity contribution in [2.45, 2.75) is 32.7 Å². The second-order valence-electron chi connectivity index (χ2n) is 3.77. The Bertz CT molecular complexity index is 345. The Morgan fingerprint density at radius 1 is 1.62 bits per heavy atom. The zero-order chi connectivity index (χ0) is 12.1. The van der Waals surface area contributed by atoms with Crippen LogP contribution in [-0.2, 0) is 0 Å². The molecule has 0 radical (unpaired) electrons. The first-order valence-electron chi connectivity index (χ1n) is 5.17. The second kappa shape index (κ2) is 6.77. The van der Waals surface area contributed by atoms with E-state index < -0.39 is 0 Å². The summed E-state index contributed by atoms with van der Waals surface area (Å²) in [7, 11) is 0. The molecule has 2 nitrogen and oxygen atoms in total. The molecular weight excluding hydrogens is 354 g/mol. The molecular formula is C11H15Br2NOS. The lowest BCUT2D eigenvalue weighted by atomic mass is 10.2. The monoisotopic (exact) mass is 367 g/mol. The Kier molecular flexibility index (Phi) is 6.00. The molecule has 1 amide bonds. The third kappa shape index (κ3) is 4.18. The van der Waals surface area contributed by atoms with Crippen molar-refractivity contribution in [1.29, 1.82) is 0 Å². The van der Waals surface area contributed by atoms with E-state index in [1.54, 1.807) is 0 Å². The summed E-state index contributed by atoms with van der Waals surface area (Å²) in [6.45, 7) is 4.03. The fraction of sp³-hybridized carbons (Fsp3) is 0.545. The first-order valence-corrected chi connectivity index (χ1v) is 7.90. The lowest BCUT2D eigenvalue weighted by Gasteiger charge is -2.11. The van der Waals surface area contributed by atoms with Gasteiger partial charge in [0.1, 0.15) is 0 Å². The van der Waals surface area contributed by atoms with Crippen molar-refractivity contribution < 1.29 is 4.79 Å². The molecule has 0 spiro atoms. The minimum absolute atomic E-state index is 0.0286. The van der Waals surface area contributed by atoms with Crippen molar-refractivity contribution in [3.8, 4) is 0 Å². The van der Waals surface area contributed by atoms with Gasteiger partial charge in [0, 0.05) is 11.4 Å². The summed E-state index contributed by atoms with van der Waals surface area (Å²) in [5.74, 6) is 0.0286. The average Bonchev–Trinajstić information content (AvgIpc) is 2.56. The molecule has 0 aliphatic carbocycles. The number of halogens is 2. The highest BCUT2D eigenvalue weighted by Crippen LogP contribution is 2.27. The van der Waals surface area contributed by atoms with E-state index in [1.165, 1.54) is 11.3 Å². The molecule has 0 fully saturated rings. The molecule has 16 heavy (non-hydrogen) atoms. The summed E-state index contributed by atoms with van der Waals surface area (Å²) in [6.07, 6.45) is 2.08. The smallest absolute Gasteiger partial charge is 0.261 e. The van der Waals surface area contributed by atoms with E-state index in [4.69, 9.17) is 0 Å². The number of carbonyl (C=O) groups is 1. The lowest BCUT2D eigenvalue weighted by molar-refractivity contribution is 0.0942. The predicted octanol–water partition coefficient (Wildman–Crippen LogP) is 4.11. The molecule has 0 aliphatic heterocycles. The quantitative estimate of drug-likeness (QED) is 0.778. The van der Waals surface area contributed by atoms with E-state index in [9.17, 15) is 4.79 Å². The molecule has 90 valence electrons. The molecule has 0 saturated heterocycles. The summed E-state index contributed by atoms with van der Waals surface area (Å²) in [4.78, 5) is 12.6. The van der Waals surface area contributed by atoms with Crippen LogP contribution in [0.4, 0.5) is 0 Å². The van der Waals surface area contributed by atoms with Crippen molar-refractivity contribution in [3.63, 3.8) is 0 Å². The Morgan fingerprint density at radius 2 is 2.31 bits per heavy atom. The van der Waals surface area contributed by atoms with Crippen LogP contribution in [0.3, 0.4) is 0 Å². The highest BCUT2D eigenvalue weighted by molar-refractivity contribution is 9.11. The molecule has 0 aromatic carbocycles. The molecule has 0 bridgehead atoms. The van der Waals surface area contributed by atoms with Gasteiger partial charge in [-0.2, -0.15) is 0 Å². The zero-order valence-corrected chi connectivity index (χ0v) is 13.3. The molecule has 1 heterocycles. The number of thiophene rings is 1. The number of alkyl halides is 1. The van der Waals surface area contributed by atoms with E-state index in [-0.39, 0.29) is 11.9 Å². The molecule has 1 unspecified atom stereocenters. The number of rotatable bonds is 5. The lowest BCUT2D eigenvalue weighted by Crippen LogP contribution is -2.32.